The van der Waals surface area contributed by atoms with Crippen molar-refractivity contribution in [3.63, 3.8) is 0 Å². The predicted octanol–water partition coefficient (Wildman–Crippen LogP) is 0.125. The van der Waals surface area contributed by atoms with Gasteiger partial charge in [0.1, 0.15) is 0 Å². The van der Waals surface area contributed by atoms with Crippen molar-refractivity contribution in [2.45, 2.75) is 17.6 Å². The first-order valence-electron chi connectivity index (χ1n) is 9.90. The molecule has 2 aliphatic rings. The number of para-hydroxylation sites is 1. The zero-order valence-electron chi connectivity index (χ0n) is 16.8. The van der Waals surface area contributed by atoms with Crippen molar-refractivity contribution in [2.75, 3.05) is 64.4 Å². The Morgan fingerprint density at radius 3 is 2.28 bits per heavy atom. The maximum Gasteiger partial charge on any atom is 0.266 e. The summed E-state index contributed by atoms with van der Waals surface area (Å²) in [5.74, 6) is -0.839. The van der Waals surface area contributed by atoms with E-state index in [0.717, 1.165) is 5.69 Å². The van der Waals surface area contributed by atoms with Crippen molar-refractivity contribution < 1.29 is 23.2 Å². The van der Waals surface area contributed by atoms with Gasteiger partial charge in [-0.05, 0) is 25.0 Å². The molecule has 29 heavy (non-hydrogen) atoms. The number of amides is 1. The van der Waals surface area contributed by atoms with Crippen molar-refractivity contribution in [3.8, 4) is 0 Å². The third kappa shape index (κ3) is 4.41. The minimum Gasteiger partial charge on any atom is -0.383 e. The third-order valence-electron chi connectivity index (χ3n) is 5.98. The third-order valence-corrected chi connectivity index (χ3v) is 8.61. The summed E-state index contributed by atoms with van der Waals surface area (Å²) in [6, 6.07) is 9.86. The fourth-order valence-electron chi connectivity index (χ4n) is 4.13. The van der Waals surface area contributed by atoms with E-state index in [-0.39, 0.29) is 12.8 Å². The molecular weight excluding hydrogens is 396 g/mol. The number of benzene rings is 1. The maximum absolute atomic E-state index is 13.5. The molecule has 0 atom stereocenters. The zero-order valence-corrected chi connectivity index (χ0v) is 17.6. The van der Waals surface area contributed by atoms with E-state index in [1.807, 2.05) is 30.3 Å². The molecule has 10 heteroatoms. The monoisotopic (exact) mass is 426 g/mol. The Kier molecular flexibility index (Phi) is 7.12. The van der Waals surface area contributed by atoms with Gasteiger partial charge in [0.15, 0.2) is 4.75 Å². The number of carbonyl (C=O) groups excluding carboxylic acids is 1. The first kappa shape index (κ1) is 22.0. The highest BCUT2D eigenvalue weighted by Crippen LogP contribution is 2.34. The molecule has 0 bridgehead atoms. The fourth-order valence-corrected chi connectivity index (χ4v) is 6.25. The second-order valence-corrected chi connectivity index (χ2v) is 9.74. The van der Waals surface area contributed by atoms with Crippen LogP contribution >= 0.6 is 0 Å². The molecule has 0 radical (unpaired) electrons. The molecule has 162 valence electrons. The first-order chi connectivity index (χ1) is 13.9. The van der Waals surface area contributed by atoms with Crippen LogP contribution in [0.25, 0.3) is 0 Å². The maximum atomic E-state index is 13.5. The van der Waals surface area contributed by atoms with Gasteiger partial charge in [-0.15, -0.1) is 0 Å². The molecule has 1 aromatic carbocycles. The predicted molar refractivity (Wildman–Crippen MR) is 109 cm³/mol. The molecule has 0 aliphatic carbocycles. The second-order valence-electron chi connectivity index (χ2n) is 7.50. The van der Waals surface area contributed by atoms with Gasteiger partial charge in [0, 0.05) is 58.6 Å². The second kappa shape index (κ2) is 9.40. The van der Waals surface area contributed by atoms with Gasteiger partial charge >= 0.3 is 0 Å². The van der Waals surface area contributed by atoms with E-state index in [0.29, 0.717) is 52.4 Å². The average molecular weight is 427 g/mol. The Balaban J connectivity index is 1.72. The van der Waals surface area contributed by atoms with Crippen molar-refractivity contribution in [2.24, 2.45) is 0 Å². The smallest absolute Gasteiger partial charge is 0.266 e. The lowest BCUT2D eigenvalue weighted by Gasteiger charge is -2.44. The van der Waals surface area contributed by atoms with Gasteiger partial charge in [-0.3, -0.25) is 10.0 Å². The summed E-state index contributed by atoms with van der Waals surface area (Å²) in [7, 11) is -2.31. The van der Waals surface area contributed by atoms with E-state index in [2.05, 4.69) is 9.80 Å². The van der Waals surface area contributed by atoms with Gasteiger partial charge in [0.2, 0.25) is 10.0 Å². The zero-order chi connectivity index (χ0) is 20.9. The van der Waals surface area contributed by atoms with Crippen LogP contribution in [0.15, 0.2) is 30.3 Å². The van der Waals surface area contributed by atoms with Crippen LogP contribution in [0.4, 0.5) is 5.69 Å². The van der Waals surface area contributed by atoms with Crippen LogP contribution in [0.5, 0.6) is 0 Å². The molecule has 9 nitrogen and oxygen atoms in total. The van der Waals surface area contributed by atoms with E-state index in [9.17, 15) is 18.4 Å². The summed E-state index contributed by atoms with van der Waals surface area (Å²) in [5, 5.41) is 9.29. The molecule has 0 aromatic heterocycles. The molecule has 1 amide bonds. The lowest BCUT2D eigenvalue weighted by molar-refractivity contribution is -0.133. The molecule has 2 fully saturated rings. The summed E-state index contributed by atoms with van der Waals surface area (Å²) in [6.45, 7) is 3.88. The molecule has 2 heterocycles. The Labute approximate surface area is 172 Å². The van der Waals surface area contributed by atoms with Crippen molar-refractivity contribution in [1.29, 1.82) is 0 Å². The van der Waals surface area contributed by atoms with Gasteiger partial charge in [-0.2, -0.15) is 4.31 Å². The number of likely N-dealkylation sites (tertiary alicyclic amines) is 1. The molecular formula is C19H30N4O5S. The number of nitrogens with one attached hydrogen (secondary N) is 1. The minimum atomic E-state index is -3.93. The highest BCUT2D eigenvalue weighted by molar-refractivity contribution is 7.91. The van der Waals surface area contributed by atoms with Gasteiger partial charge < -0.3 is 14.5 Å². The van der Waals surface area contributed by atoms with Gasteiger partial charge in [-0.1, -0.05) is 18.2 Å². The topological polar surface area (TPSA) is 102 Å². The van der Waals surface area contributed by atoms with Gasteiger partial charge in [0.05, 0.1) is 6.61 Å². The number of sulfonamides is 1. The Morgan fingerprint density at radius 2 is 1.72 bits per heavy atom. The molecule has 2 aliphatic heterocycles. The van der Waals surface area contributed by atoms with Crippen LogP contribution in [-0.2, 0) is 19.6 Å². The van der Waals surface area contributed by atoms with E-state index in [4.69, 9.17) is 4.74 Å². The van der Waals surface area contributed by atoms with Gasteiger partial charge in [-0.25, -0.2) is 13.9 Å². The fraction of sp³-hybridized carbons (Fsp3) is 0.632. The molecule has 0 unspecified atom stereocenters. The van der Waals surface area contributed by atoms with E-state index in [1.54, 1.807) is 12.6 Å². The number of carbonyl (C=O) groups is 1. The number of piperidine rings is 1. The van der Waals surface area contributed by atoms with Crippen molar-refractivity contribution in [3.05, 3.63) is 30.3 Å². The van der Waals surface area contributed by atoms with Crippen molar-refractivity contribution >= 4 is 21.6 Å². The highest BCUT2D eigenvalue weighted by Gasteiger charge is 2.55. The number of rotatable bonds is 7. The average Bonchev–Trinajstić information content (AvgIpc) is 2.78. The number of anilines is 1. The molecule has 2 saturated heterocycles. The summed E-state index contributed by atoms with van der Waals surface area (Å²) >= 11 is 0. The summed E-state index contributed by atoms with van der Waals surface area (Å²) in [6.07, 6.45) is 0.286. The number of nitrogens with zero attached hydrogens (tertiary/aromatic N) is 3. The standard InChI is InChI=1S/C19H30N4O5S/c1-28-16-15-21-9-7-19(8-10-21,18(24)20-25)29(26,27)23-13-11-22(12-14-23)17-5-3-2-4-6-17/h2-6,25H,7-16H2,1H3,(H,20,24). The molecule has 0 spiro atoms. The van der Waals surface area contributed by atoms with Gasteiger partial charge in [0.25, 0.3) is 5.91 Å². The molecule has 0 saturated carbocycles. The Bertz CT molecular complexity index is 773. The van der Waals surface area contributed by atoms with Crippen LogP contribution in [0.3, 0.4) is 0 Å². The molecule has 3 rings (SSSR count). The van der Waals surface area contributed by atoms with Crippen LogP contribution < -0.4 is 10.4 Å². The minimum absolute atomic E-state index is 0.143. The number of ether oxygens (including phenoxy) is 1. The number of hydrogen-bond donors (Lipinski definition) is 2. The SMILES string of the molecule is COCCN1CCC(C(=O)NO)(S(=O)(=O)N2CCN(c3ccccc3)CC2)CC1. The number of hydroxylamine groups is 1. The molecule has 1 aromatic rings. The lowest BCUT2D eigenvalue weighted by Crippen LogP contribution is -2.63. The van der Waals surface area contributed by atoms with Crippen LogP contribution in [0.2, 0.25) is 0 Å². The largest absolute Gasteiger partial charge is 0.383 e. The number of methoxy groups -OCH3 is 1. The van der Waals surface area contributed by atoms with E-state index < -0.39 is 20.7 Å². The highest BCUT2D eigenvalue weighted by atomic mass is 32.2. The number of piperazine rings is 1. The summed E-state index contributed by atoms with van der Waals surface area (Å²) in [5.41, 5.74) is 2.67. The van der Waals surface area contributed by atoms with E-state index in [1.165, 1.54) is 4.31 Å². The Morgan fingerprint density at radius 1 is 1.10 bits per heavy atom. The first-order valence-corrected chi connectivity index (χ1v) is 11.3. The van der Waals surface area contributed by atoms with Crippen LogP contribution in [-0.4, -0.2) is 93.0 Å². The van der Waals surface area contributed by atoms with Crippen LogP contribution in [0.1, 0.15) is 12.8 Å². The Hall–Kier alpha value is -1.72. The van der Waals surface area contributed by atoms with Crippen molar-refractivity contribution in [1.82, 2.24) is 14.7 Å². The number of hydrogen-bond acceptors (Lipinski definition) is 7. The van der Waals surface area contributed by atoms with Crippen LogP contribution in [0, 0.1) is 0 Å². The summed E-state index contributed by atoms with van der Waals surface area (Å²) < 4.78 is 31.9. The quantitative estimate of drug-likeness (QED) is 0.472. The van der Waals surface area contributed by atoms with E-state index >= 15 is 0 Å². The lowest BCUT2D eigenvalue weighted by atomic mass is 9.95. The summed E-state index contributed by atoms with van der Waals surface area (Å²) in [4.78, 5) is 16.8. The molecule has 2 N–H and O–H groups in total. The normalized spacial score (nSPS) is 21.1.